The lowest BCUT2D eigenvalue weighted by molar-refractivity contribution is -0.113. The topological polar surface area (TPSA) is 49.8 Å². The molecule has 0 aliphatic carbocycles. The van der Waals surface area contributed by atoms with Gasteiger partial charge in [0.15, 0.2) is 15.8 Å². The van der Waals surface area contributed by atoms with Crippen LogP contribution in [-0.4, -0.2) is 22.4 Å². The number of aryl methyl sites for hydroxylation is 1. The Morgan fingerprint density at radius 3 is 2.71 bits per heavy atom. The molecule has 6 heteroatoms. The highest BCUT2D eigenvalue weighted by Crippen LogP contribution is 2.37. The van der Waals surface area contributed by atoms with Gasteiger partial charge in [0.1, 0.15) is 0 Å². The molecule has 0 aromatic heterocycles. The molecule has 1 amide bonds. The number of carbonyl (C=O) groups excluding carboxylic acids is 1. The number of thiocarbonyl (C=S) groups is 1. The number of amides is 1. The smallest absolute Gasteiger partial charge is 0.270 e. The van der Waals surface area contributed by atoms with Crippen LogP contribution >= 0.6 is 24.0 Å². The van der Waals surface area contributed by atoms with Crippen LogP contribution in [0.2, 0.25) is 0 Å². The van der Waals surface area contributed by atoms with Crippen LogP contribution in [0, 0.1) is 6.92 Å². The predicted octanol–water partition coefficient (Wildman–Crippen LogP) is 4.12. The zero-order valence-electron chi connectivity index (χ0n) is 13.1. The van der Waals surface area contributed by atoms with E-state index in [1.165, 1.54) is 23.8 Å². The Kier molecular flexibility index (Phi) is 4.59. The molecule has 0 unspecified atom stereocenters. The molecule has 1 fully saturated rings. The first-order chi connectivity index (χ1) is 11.5. The van der Waals surface area contributed by atoms with Crippen LogP contribution in [0.1, 0.15) is 11.1 Å². The third-order valence-electron chi connectivity index (χ3n) is 3.55. The lowest BCUT2D eigenvalue weighted by Gasteiger charge is -2.14. The number of methoxy groups -OCH3 is 1. The van der Waals surface area contributed by atoms with E-state index in [2.05, 4.69) is 0 Å². The Bertz CT molecular complexity index is 861. The Morgan fingerprint density at radius 2 is 2.04 bits per heavy atom. The number of thioether (sulfide) groups is 1. The number of phenolic OH excluding ortho intramolecular Hbond substituents is 1. The van der Waals surface area contributed by atoms with Crippen LogP contribution in [0.4, 0.5) is 5.69 Å². The molecule has 1 aliphatic rings. The summed E-state index contributed by atoms with van der Waals surface area (Å²) >= 11 is 6.61. The predicted molar refractivity (Wildman–Crippen MR) is 101 cm³/mol. The van der Waals surface area contributed by atoms with E-state index < -0.39 is 0 Å². The Balaban J connectivity index is 1.92. The van der Waals surface area contributed by atoms with Crippen molar-refractivity contribution in [2.45, 2.75) is 6.92 Å². The van der Waals surface area contributed by atoms with E-state index in [0.717, 1.165) is 11.3 Å². The first-order valence-corrected chi connectivity index (χ1v) is 8.43. The van der Waals surface area contributed by atoms with Gasteiger partial charge in [-0.05, 0) is 48.4 Å². The van der Waals surface area contributed by atoms with Gasteiger partial charge in [-0.2, -0.15) is 0 Å². The van der Waals surface area contributed by atoms with Crippen molar-refractivity contribution >= 4 is 46.0 Å². The van der Waals surface area contributed by atoms with Crippen LogP contribution in [-0.2, 0) is 4.79 Å². The average molecular weight is 357 g/mol. The summed E-state index contributed by atoms with van der Waals surface area (Å²) in [5.74, 6) is 0.255. The SMILES string of the molecule is COc1ccc(/C=C2/SC(=S)N(c3cccc(C)c3)C2=O)cc1O. The van der Waals surface area contributed by atoms with Gasteiger partial charge in [-0.25, -0.2) is 0 Å². The molecule has 2 aromatic carbocycles. The highest BCUT2D eigenvalue weighted by atomic mass is 32.2. The summed E-state index contributed by atoms with van der Waals surface area (Å²) in [7, 11) is 1.49. The second-order valence-corrected chi connectivity index (χ2v) is 6.96. The van der Waals surface area contributed by atoms with Crippen LogP contribution in [0.3, 0.4) is 0 Å². The lowest BCUT2D eigenvalue weighted by atomic mass is 10.1. The molecule has 0 spiro atoms. The summed E-state index contributed by atoms with van der Waals surface area (Å²) in [4.78, 5) is 14.8. The minimum atomic E-state index is -0.161. The first-order valence-electron chi connectivity index (χ1n) is 7.21. The monoisotopic (exact) mass is 357 g/mol. The largest absolute Gasteiger partial charge is 0.504 e. The number of aromatic hydroxyl groups is 1. The van der Waals surface area contributed by atoms with E-state index in [0.29, 0.717) is 20.5 Å². The molecule has 1 heterocycles. The van der Waals surface area contributed by atoms with Gasteiger partial charge < -0.3 is 9.84 Å². The van der Waals surface area contributed by atoms with E-state index in [-0.39, 0.29) is 11.7 Å². The Labute approximate surface area is 149 Å². The number of hydrogen-bond acceptors (Lipinski definition) is 5. The second kappa shape index (κ2) is 6.67. The van der Waals surface area contributed by atoms with Gasteiger partial charge in [0.2, 0.25) is 0 Å². The molecule has 3 rings (SSSR count). The number of nitrogens with zero attached hydrogens (tertiary/aromatic N) is 1. The van der Waals surface area contributed by atoms with Crippen LogP contribution < -0.4 is 9.64 Å². The van der Waals surface area contributed by atoms with E-state index in [1.807, 2.05) is 31.2 Å². The summed E-state index contributed by atoms with van der Waals surface area (Å²) in [6.07, 6.45) is 1.72. The minimum Gasteiger partial charge on any atom is -0.504 e. The fraction of sp³-hybridized carbons (Fsp3) is 0.111. The van der Waals surface area contributed by atoms with E-state index in [9.17, 15) is 9.90 Å². The maximum Gasteiger partial charge on any atom is 0.270 e. The average Bonchev–Trinajstić information content (AvgIpc) is 2.81. The van der Waals surface area contributed by atoms with Crippen molar-refractivity contribution < 1.29 is 14.6 Å². The molecule has 4 nitrogen and oxygen atoms in total. The number of benzene rings is 2. The molecule has 122 valence electrons. The van der Waals surface area contributed by atoms with Crippen LogP contribution in [0.25, 0.3) is 6.08 Å². The molecule has 0 saturated carbocycles. The fourth-order valence-corrected chi connectivity index (χ4v) is 3.70. The van der Waals surface area contributed by atoms with Crippen molar-refractivity contribution in [3.63, 3.8) is 0 Å². The maximum absolute atomic E-state index is 12.7. The molecule has 1 N–H and O–H groups in total. The van der Waals surface area contributed by atoms with Gasteiger partial charge in [0.05, 0.1) is 17.7 Å². The summed E-state index contributed by atoms with van der Waals surface area (Å²) in [5.41, 5.74) is 2.53. The zero-order chi connectivity index (χ0) is 17.3. The third kappa shape index (κ3) is 3.16. The first kappa shape index (κ1) is 16.5. The van der Waals surface area contributed by atoms with Gasteiger partial charge in [-0.15, -0.1) is 0 Å². The second-order valence-electron chi connectivity index (χ2n) is 5.29. The summed E-state index contributed by atoms with van der Waals surface area (Å²) in [6.45, 7) is 1.97. The Morgan fingerprint density at radius 1 is 1.25 bits per heavy atom. The van der Waals surface area contributed by atoms with Gasteiger partial charge >= 0.3 is 0 Å². The number of rotatable bonds is 3. The summed E-state index contributed by atoms with van der Waals surface area (Å²) in [5, 5.41) is 9.86. The number of anilines is 1. The number of ether oxygens (including phenoxy) is 1. The van der Waals surface area contributed by atoms with Gasteiger partial charge in [-0.1, -0.05) is 42.2 Å². The number of hydrogen-bond donors (Lipinski definition) is 1. The van der Waals surface area contributed by atoms with Crippen molar-refractivity contribution in [3.8, 4) is 11.5 Å². The van der Waals surface area contributed by atoms with Crippen molar-refractivity contribution in [2.75, 3.05) is 12.0 Å². The zero-order valence-corrected chi connectivity index (χ0v) is 14.8. The standard InChI is InChI=1S/C18H15NO3S2/c1-11-4-3-5-13(8-11)19-17(21)16(24-18(19)23)10-12-6-7-15(22-2)14(20)9-12/h3-10,20H,1-2H3/b16-10+. The third-order valence-corrected chi connectivity index (χ3v) is 4.86. The molecular formula is C18H15NO3S2. The number of phenols is 1. The van der Waals surface area contributed by atoms with Crippen molar-refractivity contribution in [3.05, 3.63) is 58.5 Å². The van der Waals surface area contributed by atoms with Crippen LogP contribution in [0.5, 0.6) is 11.5 Å². The highest BCUT2D eigenvalue weighted by molar-refractivity contribution is 8.27. The Hall–Kier alpha value is -2.31. The van der Waals surface area contributed by atoms with E-state index in [1.54, 1.807) is 24.3 Å². The van der Waals surface area contributed by atoms with Gasteiger partial charge in [-0.3, -0.25) is 9.69 Å². The summed E-state index contributed by atoms with van der Waals surface area (Å²) in [6, 6.07) is 12.6. The molecule has 2 aromatic rings. The van der Waals surface area contributed by atoms with Crippen molar-refractivity contribution in [1.29, 1.82) is 0 Å². The van der Waals surface area contributed by atoms with E-state index >= 15 is 0 Å². The van der Waals surface area contributed by atoms with Crippen LogP contribution in [0.15, 0.2) is 47.4 Å². The van der Waals surface area contributed by atoms with Crippen molar-refractivity contribution in [2.24, 2.45) is 0 Å². The van der Waals surface area contributed by atoms with E-state index in [4.69, 9.17) is 17.0 Å². The fourth-order valence-electron chi connectivity index (χ4n) is 2.41. The van der Waals surface area contributed by atoms with Crippen molar-refractivity contribution in [1.82, 2.24) is 0 Å². The minimum absolute atomic E-state index is 0.0282. The molecule has 0 atom stereocenters. The molecule has 24 heavy (non-hydrogen) atoms. The van der Waals surface area contributed by atoms with Gasteiger partial charge in [0, 0.05) is 0 Å². The van der Waals surface area contributed by atoms with Gasteiger partial charge in [0.25, 0.3) is 5.91 Å². The lowest BCUT2D eigenvalue weighted by Crippen LogP contribution is -2.27. The molecule has 1 aliphatic heterocycles. The molecular weight excluding hydrogens is 342 g/mol. The maximum atomic E-state index is 12.7. The molecule has 0 radical (unpaired) electrons. The molecule has 1 saturated heterocycles. The quantitative estimate of drug-likeness (QED) is 0.662. The molecule has 0 bridgehead atoms. The highest BCUT2D eigenvalue weighted by Gasteiger charge is 2.33. The summed E-state index contributed by atoms with van der Waals surface area (Å²) < 4.78 is 5.52. The normalized spacial score (nSPS) is 16.1. The number of carbonyl (C=O) groups is 1.